The zero-order valence-electron chi connectivity index (χ0n) is 16.9. The van der Waals surface area contributed by atoms with Gasteiger partial charge in [-0.25, -0.2) is 17.2 Å². The number of nitrogens with zero attached hydrogens (tertiary/aromatic N) is 1. The molecule has 0 aliphatic carbocycles. The Morgan fingerprint density at radius 3 is 2.10 bits per heavy atom. The first-order chi connectivity index (χ1) is 14.2. The highest BCUT2D eigenvalue weighted by atomic mass is 32.2. The van der Waals surface area contributed by atoms with E-state index in [0.29, 0.717) is 27.6 Å². The molecular formula is C24H21NO4S. The molecule has 3 aromatic carbocycles. The molecule has 0 bridgehead atoms. The fraction of sp³-hybridized carbons (Fsp3) is 0.125. The molecule has 0 amide bonds. The van der Waals surface area contributed by atoms with Crippen LogP contribution in [0.4, 0.5) is 0 Å². The molecule has 4 rings (SSSR count). The fourth-order valence-electron chi connectivity index (χ4n) is 3.91. The second kappa shape index (κ2) is 7.15. The number of hydrogen-bond donors (Lipinski definition) is 1. The topological polar surface area (TPSA) is 76.4 Å². The van der Waals surface area contributed by atoms with Crippen molar-refractivity contribution in [3.8, 4) is 11.1 Å². The number of carbonyl (C=O) groups is 1. The molecule has 0 aliphatic heterocycles. The van der Waals surface area contributed by atoms with Crippen molar-refractivity contribution in [1.29, 1.82) is 0 Å². The Labute approximate surface area is 175 Å². The van der Waals surface area contributed by atoms with E-state index < -0.39 is 16.0 Å². The third kappa shape index (κ3) is 3.09. The standard InChI is InChI=1S/C24H21NO4S/c1-15-9-11-19(12-10-15)30(28,29)25-22-17(3)13-16(2)14-20(22)21(23(25)24(26)27)18-7-5-4-6-8-18/h4-14H,1-3H3,(H,26,27). The van der Waals surface area contributed by atoms with Crippen molar-refractivity contribution in [2.75, 3.05) is 0 Å². The van der Waals surface area contributed by atoms with E-state index in [4.69, 9.17) is 0 Å². The van der Waals surface area contributed by atoms with Crippen molar-refractivity contribution in [3.05, 3.63) is 89.1 Å². The number of fused-ring (bicyclic) bond motifs is 1. The third-order valence-electron chi connectivity index (χ3n) is 5.18. The van der Waals surface area contributed by atoms with E-state index in [2.05, 4.69) is 0 Å². The Bertz CT molecular complexity index is 1380. The minimum absolute atomic E-state index is 0.0482. The summed E-state index contributed by atoms with van der Waals surface area (Å²) in [4.78, 5) is 12.5. The summed E-state index contributed by atoms with van der Waals surface area (Å²) in [6, 6.07) is 19.2. The lowest BCUT2D eigenvalue weighted by atomic mass is 9.99. The van der Waals surface area contributed by atoms with Crippen molar-refractivity contribution in [1.82, 2.24) is 3.97 Å². The average Bonchev–Trinajstić information content (AvgIpc) is 3.05. The van der Waals surface area contributed by atoms with Gasteiger partial charge in [-0.05, 0) is 50.1 Å². The van der Waals surface area contributed by atoms with Crippen molar-refractivity contribution < 1.29 is 18.3 Å². The molecule has 1 N–H and O–H groups in total. The van der Waals surface area contributed by atoms with E-state index in [9.17, 15) is 18.3 Å². The second-order valence-corrected chi connectivity index (χ2v) is 9.24. The van der Waals surface area contributed by atoms with E-state index in [-0.39, 0.29) is 10.6 Å². The van der Waals surface area contributed by atoms with Gasteiger partial charge in [0.05, 0.1) is 10.4 Å². The maximum atomic E-state index is 13.7. The van der Waals surface area contributed by atoms with E-state index in [1.165, 1.54) is 12.1 Å². The van der Waals surface area contributed by atoms with Gasteiger partial charge < -0.3 is 5.11 Å². The van der Waals surface area contributed by atoms with Gasteiger partial charge in [0.25, 0.3) is 10.0 Å². The van der Waals surface area contributed by atoms with Crippen LogP contribution in [0.5, 0.6) is 0 Å². The van der Waals surface area contributed by atoms with E-state index in [1.807, 2.05) is 32.0 Å². The molecule has 0 saturated carbocycles. The predicted molar refractivity (Wildman–Crippen MR) is 118 cm³/mol. The summed E-state index contributed by atoms with van der Waals surface area (Å²) < 4.78 is 28.3. The molecule has 0 atom stereocenters. The van der Waals surface area contributed by atoms with Crippen LogP contribution in [-0.4, -0.2) is 23.5 Å². The van der Waals surface area contributed by atoms with Gasteiger partial charge in [0.15, 0.2) is 5.69 Å². The van der Waals surface area contributed by atoms with Gasteiger partial charge in [-0.15, -0.1) is 0 Å². The van der Waals surface area contributed by atoms with E-state index in [0.717, 1.165) is 15.1 Å². The smallest absolute Gasteiger partial charge is 0.354 e. The van der Waals surface area contributed by atoms with Gasteiger partial charge in [-0.3, -0.25) is 0 Å². The molecule has 4 aromatic rings. The maximum absolute atomic E-state index is 13.7. The minimum atomic E-state index is -4.14. The van der Waals surface area contributed by atoms with E-state index in [1.54, 1.807) is 43.3 Å². The third-order valence-corrected chi connectivity index (χ3v) is 6.90. The first-order valence-electron chi connectivity index (χ1n) is 9.48. The zero-order valence-corrected chi connectivity index (χ0v) is 17.7. The minimum Gasteiger partial charge on any atom is -0.477 e. The van der Waals surface area contributed by atoms with Crippen LogP contribution in [0.15, 0.2) is 71.6 Å². The fourth-order valence-corrected chi connectivity index (χ4v) is 5.49. The normalized spacial score (nSPS) is 11.7. The Hall–Kier alpha value is -3.38. The Morgan fingerprint density at radius 2 is 1.50 bits per heavy atom. The molecule has 0 unspecified atom stereocenters. The number of carboxylic acids is 1. The van der Waals surface area contributed by atoms with Crippen LogP contribution in [0.1, 0.15) is 27.2 Å². The molecule has 0 saturated heterocycles. The average molecular weight is 420 g/mol. The highest BCUT2D eigenvalue weighted by Gasteiger charge is 2.32. The van der Waals surface area contributed by atoms with Crippen molar-refractivity contribution in [2.24, 2.45) is 0 Å². The number of aromatic nitrogens is 1. The van der Waals surface area contributed by atoms with Gasteiger partial charge in [0.2, 0.25) is 0 Å². The number of aromatic carboxylic acids is 1. The Morgan fingerprint density at radius 1 is 0.867 bits per heavy atom. The van der Waals surface area contributed by atoms with Crippen LogP contribution in [-0.2, 0) is 10.0 Å². The number of rotatable bonds is 4. The van der Waals surface area contributed by atoms with Gasteiger partial charge in [0.1, 0.15) is 0 Å². The maximum Gasteiger partial charge on any atom is 0.354 e. The van der Waals surface area contributed by atoms with E-state index >= 15 is 0 Å². The number of benzene rings is 3. The zero-order chi connectivity index (χ0) is 21.6. The van der Waals surface area contributed by atoms with Crippen LogP contribution in [0.25, 0.3) is 22.0 Å². The van der Waals surface area contributed by atoms with Gasteiger partial charge in [-0.1, -0.05) is 59.7 Å². The van der Waals surface area contributed by atoms with Crippen molar-refractivity contribution >= 4 is 26.9 Å². The lowest BCUT2D eigenvalue weighted by molar-refractivity contribution is 0.0690. The number of hydrogen-bond acceptors (Lipinski definition) is 3. The van der Waals surface area contributed by atoms with Crippen molar-refractivity contribution in [3.63, 3.8) is 0 Å². The van der Waals surface area contributed by atoms with Gasteiger partial charge in [0, 0.05) is 10.9 Å². The summed E-state index contributed by atoms with van der Waals surface area (Å²) in [5.41, 5.74) is 3.73. The SMILES string of the molecule is Cc1ccc(S(=O)(=O)n2c(C(=O)O)c(-c3ccccc3)c3cc(C)cc(C)c32)cc1. The molecule has 0 spiro atoms. The Kier molecular flexibility index (Phi) is 4.74. The molecule has 30 heavy (non-hydrogen) atoms. The molecule has 0 aliphatic rings. The highest BCUT2D eigenvalue weighted by Crippen LogP contribution is 2.39. The molecule has 1 aromatic heterocycles. The molecule has 152 valence electrons. The molecule has 6 heteroatoms. The molecule has 0 radical (unpaired) electrons. The molecule has 0 fully saturated rings. The first-order valence-corrected chi connectivity index (χ1v) is 10.9. The first kappa shape index (κ1) is 19.9. The summed E-state index contributed by atoms with van der Waals surface area (Å²) in [7, 11) is -4.14. The van der Waals surface area contributed by atoms with Crippen LogP contribution in [0.2, 0.25) is 0 Å². The summed E-state index contributed by atoms with van der Waals surface area (Å²) in [5.74, 6) is -1.29. The summed E-state index contributed by atoms with van der Waals surface area (Å²) in [6.07, 6.45) is 0. The molecular weight excluding hydrogens is 398 g/mol. The predicted octanol–water partition coefficient (Wildman–Crippen LogP) is 5.17. The summed E-state index contributed by atoms with van der Waals surface area (Å²) in [5, 5.41) is 10.7. The Balaban J connectivity index is 2.21. The highest BCUT2D eigenvalue weighted by molar-refractivity contribution is 7.90. The molecule has 1 heterocycles. The lowest BCUT2D eigenvalue weighted by Gasteiger charge is -2.12. The number of carboxylic acid groups (broad SMARTS) is 1. The van der Waals surface area contributed by atoms with Gasteiger partial charge >= 0.3 is 5.97 Å². The van der Waals surface area contributed by atoms with Crippen LogP contribution in [0.3, 0.4) is 0 Å². The largest absolute Gasteiger partial charge is 0.477 e. The van der Waals surface area contributed by atoms with Crippen LogP contribution in [0, 0.1) is 20.8 Å². The summed E-state index contributed by atoms with van der Waals surface area (Å²) in [6.45, 7) is 5.58. The second-order valence-electron chi connectivity index (χ2n) is 7.46. The molecule has 5 nitrogen and oxygen atoms in total. The van der Waals surface area contributed by atoms with Crippen LogP contribution >= 0.6 is 0 Å². The summed E-state index contributed by atoms with van der Waals surface area (Å²) >= 11 is 0. The monoisotopic (exact) mass is 419 g/mol. The quantitative estimate of drug-likeness (QED) is 0.495. The lowest BCUT2D eigenvalue weighted by Crippen LogP contribution is -2.19. The van der Waals surface area contributed by atoms with Crippen molar-refractivity contribution in [2.45, 2.75) is 25.7 Å². The van der Waals surface area contributed by atoms with Crippen LogP contribution < -0.4 is 0 Å². The van der Waals surface area contributed by atoms with Gasteiger partial charge in [-0.2, -0.15) is 0 Å². The number of aryl methyl sites for hydroxylation is 3.